The molecule has 2 aromatic carbocycles. The zero-order valence-electron chi connectivity index (χ0n) is 14.5. The molecule has 136 valence electrons. The number of benzene rings is 2. The summed E-state index contributed by atoms with van der Waals surface area (Å²) in [6, 6.07) is 13.5. The molecule has 2 aromatic rings. The van der Waals surface area contributed by atoms with Crippen molar-refractivity contribution in [3.63, 3.8) is 0 Å². The molecule has 0 atom stereocenters. The van der Waals surface area contributed by atoms with Crippen LogP contribution in [-0.4, -0.2) is 26.7 Å². The van der Waals surface area contributed by atoms with Gasteiger partial charge in [-0.15, -0.1) is 0 Å². The van der Waals surface area contributed by atoms with E-state index in [1.807, 2.05) is 12.1 Å². The van der Waals surface area contributed by atoms with Gasteiger partial charge in [-0.05, 0) is 54.8 Å². The first kappa shape index (κ1) is 18.1. The Hall–Kier alpha value is -2.67. The number of amides is 1. The number of hydrogen-bond acceptors (Lipinski definition) is 4. The summed E-state index contributed by atoms with van der Waals surface area (Å²) < 4.78 is 27.2. The Kier molecular flexibility index (Phi) is 5.37. The van der Waals surface area contributed by atoms with Gasteiger partial charge in [-0.2, -0.15) is 0 Å². The number of hydrogen-bond donors (Lipinski definition) is 2. The van der Waals surface area contributed by atoms with E-state index in [0.29, 0.717) is 30.1 Å². The normalized spacial score (nSPS) is 14.0. The molecule has 0 fully saturated rings. The number of carbonyl (C=O) groups is 1. The minimum absolute atomic E-state index is 0.136. The van der Waals surface area contributed by atoms with E-state index in [9.17, 15) is 13.2 Å². The molecule has 0 spiro atoms. The van der Waals surface area contributed by atoms with E-state index in [0.717, 1.165) is 18.4 Å². The lowest BCUT2D eigenvalue weighted by atomic mass is 10.1. The van der Waals surface area contributed by atoms with E-state index in [1.54, 1.807) is 24.3 Å². The molecule has 0 unspecified atom stereocenters. The lowest BCUT2D eigenvalue weighted by Gasteiger charge is -2.09. The fourth-order valence-corrected chi connectivity index (χ4v) is 3.74. The number of amidine groups is 1. The third-order valence-electron chi connectivity index (χ3n) is 4.17. The maximum Gasteiger partial charge on any atom is 0.262 e. The van der Waals surface area contributed by atoms with Crippen molar-refractivity contribution < 1.29 is 13.2 Å². The fourth-order valence-electron chi connectivity index (χ4n) is 2.65. The van der Waals surface area contributed by atoms with Crippen molar-refractivity contribution in [2.45, 2.75) is 31.1 Å². The highest BCUT2D eigenvalue weighted by atomic mass is 32.2. The molecule has 0 saturated carbocycles. The Bertz CT molecular complexity index is 918. The number of sulfonamides is 1. The third-order valence-corrected chi connectivity index (χ3v) is 5.57. The van der Waals surface area contributed by atoms with Gasteiger partial charge in [-0.1, -0.05) is 19.1 Å². The van der Waals surface area contributed by atoms with Crippen LogP contribution < -0.4 is 10.0 Å². The molecule has 1 aliphatic rings. The second kappa shape index (κ2) is 7.70. The molecule has 0 saturated heterocycles. The topological polar surface area (TPSA) is 87.6 Å². The van der Waals surface area contributed by atoms with Gasteiger partial charge in [0.15, 0.2) is 0 Å². The lowest BCUT2D eigenvalue weighted by molar-refractivity contribution is 0.102. The maximum atomic E-state index is 12.3. The number of nitrogens with zero attached hydrogens (tertiary/aromatic N) is 1. The van der Waals surface area contributed by atoms with Gasteiger partial charge in [0.25, 0.3) is 15.9 Å². The van der Waals surface area contributed by atoms with Gasteiger partial charge >= 0.3 is 0 Å². The van der Waals surface area contributed by atoms with Gasteiger partial charge in [-0.25, -0.2) is 8.42 Å². The van der Waals surface area contributed by atoms with Gasteiger partial charge < -0.3 is 5.32 Å². The molecule has 0 aromatic heterocycles. The summed E-state index contributed by atoms with van der Waals surface area (Å²) in [5.74, 6) is 0.264. The predicted molar refractivity (Wildman–Crippen MR) is 102 cm³/mol. The number of carbonyl (C=O) groups excluding carboxylic acids is 1. The Morgan fingerprint density at radius 2 is 1.77 bits per heavy atom. The summed E-state index contributed by atoms with van der Waals surface area (Å²) in [5.41, 5.74) is 2.25. The summed E-state index contributed by atoms with van der Waals surface area (Å²) in [6.45, 7) is 2.71. The Labute approximate surface area is 153 Å². The van der Waals surface area contributed by atoms with E-state index in [4.69, 9.17) is 0 Å². The molecule has 1 amide bonds. The minimum Gasteiger partial charge on any atom is -0.322 e. The second-order valence-corrected chi connectivity index (χ2v) is 7.75. The van der Waals surface area contributed by atoms with Crippen LogP contribution in [-0.2, 0) is 16.4 Å². The number of rotatable bonds is 5. The quantitative estimate of drug-likeness (QED) is 0.847. The molecule has 3 rings (SSSR count). The summed E-state index contributed by atoms with van der Waals surface area (Å²) in [7, 11) is -3.64. The number of anilines is 1. The van der Waals surface area contributed by atoms with E-state index in [1.165, 1.54) is 12.1 Å². The summed E-state index contributed by atoms with van der Waals surface area (Å²) in [6.07, 6.45) is 2.42. The molecular formula is C19H21N3O3S. The van der Waals surface area contributed by atoms with Crippen LogP contribution in [0.1, 0.15) is 35.7 Å². The van der Waals surface area contributed by atoms with Crippen molar-refractivity contribution in [1.29, 1.82) is 0 Å². The van der Waals surface area contributed by atoms with Crippen LogP contribution in [0.15, 0.2) is 58.4 Å². The zero-order chi connectivity index (χ0) is 18.6. The van der Waals surface area contributed by atoms with Crippen molar-refractivity contribution >= 4 is 27.5 Å². The van der Waals surface area contributed by atoms with Crippen LogP contribution in [0, 0.1) is 0 Å². The molecule has 7 heteroatoms. The highest BCUT2D eigenvalue weighted by molar-refractivity contribution is 7.90. The van der Waals surface area contributed by atoms with Gasteiger partial charge in [0.05, 0.1) is 4.90 Å². The standard InChI is InChI=1S/C19H21N3O3S/c1-2-14-5-7-15(8-6-14)19(23)21-16-9-11-17(12-10-16)26(24,25)22-18-4-3-13-20-18/h5-12H,2-4,13H2,1H3,(H,20,22)(H,21,23). The SMILES string of the molecule is CCc1ccc(C(=O)Nc2ccc(S(=O)(=O)NC3=NCCC3)cc2)cc1. The third kappa shape index (κ3) is 4.29. The van der Waals surface area contributed by atoms with Crippen LogP contribution in [0.2, 0.25) is 0 Å². The molecule has 0 aliphatic carbocycles. The largest absolute Gasteiger partial charge is 0.322 e. The van der Waals surface area contributed by atoms with Gasteiger partial charge in [0.2, 0.25) is 0 Å². The fraction of sp³-hybridized carbons (Fsp3) is 0.263. The average Bonchev–Trinajstić information content (AvgIpc) is 3.14. The lowest BCUT2D eigenvalue weighted by Crippen LogP contribution is -2.29. The maximum absolute atomic E-state index is 12.3. The van der Waals surface area contributed by atoms with Gasteiger partial charge in [-0.3, -0.25) is 14.5 Å². The van der Waals surface area contributed by atoms with Crippen molar-refractivity contribution in [3.05, 3.63) is 59.7 Å². The Balaban J connectivity index is 1.67. The van der Waals surface area contributed by atoms with E-state index in [-0.39, 0.29) is 10.8 Å². The minimum atomic E-state index is -3.64. The Morgan fingerprint density at radius 1 is 1.08 bits per heavy atom. The van der Waals surface area contributed by atoms with Gasteiger partial charge in [0, 0.05) is 24.2 Å². The first-order valence-corrected chi connectivity index (χ1v) is 10.0. The zero-order valence-corrected chi connectivity index (χ0v) is 15.3. The summed E-state index contributed by atoms with van der Waals surface area (Å²) in [5, 5.41) is 2.77. The first-order valence-electron chi connectivity index (χ1n) is 8.54. The molecule has 1 aliphatic heterocycles. The average molecular weight is 371 g/mol. The van der Waals surface area contributed by atoms with Crippen molar-refractivity contribution in [2.24, 2.45) is 4.99 Å². The van der Waals surface area contributed by atoms with Crippen LogP contribution in [0.25, 0.3) is 0 Å². The van der Waals surface area contributed by atoms with Crippen molar-refractivity contribution in [1.82, 2.24) is 4.72 Å². The van der Waals surface area contributed by atoms with Crippen LogP contribution >= 0.6 is 0 Å². The molecule has 0 bridgehead atoms. The van der Waals surface area contributed by atoms with E-state index < -0.39 is 10.0 Å². The Morgan fingerprint density at radius 3 is 2.35 bits per heavy atom. The molecule has 0 radical (unpaired) electrons. The first-order chi connectivity index (χ1) is 12.5. The smallest absolute Gasteiger partial charge is 0.262 e. The highest BCUT2D eigenvalue weighted by Crippen LogP contribution is 2.16. The van der Waals surface area contributed by atoms with E-state index >= 15 is 0 Å². The second-order valence-electron chi connectivity index (χ2n) is 6.07. The van der Waals surface area contributed by atoms with Crippen LogP contribution in [0.5, 0.6) is 0 Å². The summed E-state index contributed by atoms with van der Waals surface area (Å²) >= 11 is 0. The molecule has 1 heterocycles. The molecule has 2 N–H and O–H groups in total. The number of aryl methyl sites for hydroxylation is 1. The highest BCUT2D eigenvalue weighted by Gasteiger charge is 2.18. The van der Waals surface area contributed by atoms with Gasteiger partial charge in [0.1, 0.15) is 5.84 Å². The molecule has 26 heavy (non-hydrogen) atoms. The monoisotopic (exact) mass is 371 g/mol. The number of nitrogens with one attached hydrogen (secondary N) is 2. The van der Waals surface area contributed by atoms with E-state index in [2.05, 4.69) is 22.0 Å². The number of aliphatic imine (C=N–C) groups is 1. The summed E-state index contributed by atoms with van der Waals surface area (Å²) in [4.78, 5) is 16.5. The molecular weight excluding hydrogens is 350 g/mol. The van der Waals surface area contributed by atoms with Crippen molar-refractivity contribution in [3.8, 4) is 0 Å². The molecule has 6 nitrogen and oxygen atoms in total. The van der Waals surface area contributed by atoms with Crippen LogP contribution in [0.4, 0.5) is 5.69 Å². The van der Waals surface area contributed by atoms with Crippen molar-refractivity contribution in [2.75, 3.05) is 11.9 Å². The van der Waals surface area contributed by atoms with Crippen LogP contribution in [0.3, 0.4) is 0 Å². The predicted octanol–water partition coefficient (Wildman–Crippen LogP) is 2.97.